The van der Waals surface area contributed by atoms with Crippen molar-refractivity contribution in [2.45, 2.75) is 31.8 Å². The zero-order chi connectivity index (χ0) is 15.4. The molecule has 0 aromatic heterocycles. The van der Waals surface area contributed by atoms with E-state index in [0.717, 1.165) is 24.2 Å². The molecular weight excluding hydrogens is 290 g/mol. The average molecular weight is 312 g/mol. The van der Waals surface area contributed by atoms with E-state index in [4.69, 9.17) is 22.1 Å². The summed E-state index contributed by atoms with van der Waals surface area (Å²) >= 11 is 6.07. The number of carbonyl (C=O) groups excluding carboxylic acids is 1. The molecule has 0 bridgehead atoms. The summed E-state index contributed by atoms with van der Waals surface area (Å²) < 4.78 is 5.39. The monoisotopic (exact) mass is 311 g/mol. The van der Waals surface area contributed by atoms with Gasteiger partial charge in [0.2, 0.25) is 0 Å². The van der Waals surface area contributed by atoms with E-state index in [1.807, 2.05) is 18.2 Å². The zero-order valence-electron chi connectivity index (χ0n) is 12.4. The lowest BCUT2D eigenvalue weighted by molar-refractivity contribution is 0.183. The number of hydrogen-bond acceptors (Lipinski definition) is 3. The summed E-state index contributed by atoms with van der Waals surface area (Å²) in [6, 6.07) is 5.78. The van der Waals surface area contributed by atoms with Crippen LogP contribution in [0.3, 0.4) is 0 Å². The summed E-state index contributed by atoms with van der Waals surface area (Å²) in [5.41, 5.74) is 6.34. The second-order valence-electron chi connectivity index (χ2n) is 5.37. The normalized spacial score (nSPS) is 17.6. The van der Waals surface area contributed by atoms with Crippen LogP contribution >= 0.6 is 11.6 Å². The van der Waals surface area contributed by atoms with Crippen LogP contribution in [0.5, 0.6) is 5.75 Å². The number of benzene rings is 1. The Morgan fingerprint density at radius 1 is 1.48 bits per heavy atom. The first-order chi connectivity index (χ1) is 10.0. The molecule has 0 saturated carbocycles. The van der Waals surface area contributed by atoms with E-state index in [-0.39, 0.29) is 12.1 Å². The van der Waals surface area contributed by atoms with Crippen molar-refractivity contribution in [2.75, 3.05) is 20.2 Å². The van der Waals surface area contributed by atoms with Gasteiger partial charge in [0.05, 0.1) is 7.11 Å². The zero-order valence-corrected chi connectivity index (χ0v) is 13.2. The molecule has 3 N–H and O–H groups in total. The van der Waals surface area contributed by atoms with Crippen molar-refractivity contribution in [1.29, 1.82) is 0 Å². The summed E-state index contributed by atoms with van der Waals surface area (Å²) in [4.78, 5) is 12.8. The number of nitrogens with one attached hydrogen (secondary N) is 1. The van der Waals surface area contributed by atoms with Gasteiger partial charge in [-0.3, -0.25) is 0 Å². The van der Waals surface area contributed by atoms with Crippen molar-refractivity contribution in [3.63, 3.8) is 0 Å². The van der Waals surface area contributed by atoms with E-state index < -0.39 is 0 Å². The highest BCUT2D eigenvalue weighted by atomic mass is 35.5. The largest absolute Gasteiger partial charge is 0.496 e. The van der Waals surface area contributed by atoms with Crippen LogP contribution in [0.15, 0.2) is 18.2 Å². The number of halogens is 1. The third kappa shape index (κ3) is 4.02. The maximum atomic E-state index is 11.1. The van der Waals surface area contributed by atoms with Crippen molar-refractivity contribution in [2.24, 2.45) is 5.73 Å². The fourth-order valence-corrected chi connectivity index (χ4v) is 2.93. The first kappa shape index (κ1) is 15.9. The number of hydrogen-bond donors (Lipinski definition) is 2. The highest BCUT2D eigenvalue weighted by molar-refractivity contribution is 6.30. The van der Waals surface area contributed by atoms with Gasteiger partial charge in [-0.05, 0) is 38.0 Å². The smallest absolute Gasteiger partial charge is 0.314 e. The molecule has 1 atom stereocenters. The van der Waals surface area contributed by atoms with Gasteiger partial charge in [0.15, 0.2) is 0 Å². The molecule has 0 unspecified atom stereocenters. The van der Waals surface area contributed by atoms with Crippen LogP contribution < -0.4 is 15.8 Å². The van der Waals surface area contributed by atoms with Gasteiger partial charge in [0, 0.05) is 35.8 Å². The Labute approximate surface area is 130 Å². The lowest BCUT2D eigenvalue weighted by Crippen LogP contribution is -2.47. The summed E-state index contributed by atoms with van der Waals surface area (Å²) in [6.07, 6.45) is 1.80. The molecule has 0 aliphatic carbocycles. The van der Waals surface area contributed by atoms with Gasteiger partial charge >= 0.3 is 6.03 Å². The summed E-state index contributed by atoms with van der Waals surface area (Å²) in [5, 5.41) is 4.28. The van der Waals surface area contributed by atoms with Crippen molar-refractivity contribution in [1.82, 2.24) is 10.2 Å². The number of primary amides is 1. The molecule has 1 aromatic rings. The minimum atomic E-state index is -0.335. The number of urea groups is 1. The SMILES string of the molecule is COc1ccc(Cl)cc1[C@@H](C)NC1CCN(C(N)=O)CC1. The molecule has 116 valence electrons. The Morgan fingerprint density at radius 2 is 2.14 bits per heavy atom. The van der Waals surface area contributed by atoms with Gasteiger partial charge in [-0.1, -0.05) is 11.6 Å². The van der Waals surface area contributed by atoms with Crippen LogP contribution in [0.1, 0.15) is 31.4 Å². The molecule has 2 rings (SSSR count). The Morgan fingerprint density at radius 3 is 2.71 bits per heavy atom. The minimum Gasteiger partial charge on any atom is -0.496 e. The van der Waals surface area contributed by atoms with Gasteiger partial charge in [-0.2, -0.15) is 0 Å². The third-order valence-electron chi connectivity index (χ3n) is 3.95. The van der Waals surface area contributed by atoms with Crippen LogP contribution in [-0.4, -0.2) is 37.2 Å². The number of rotatable bonds is 4. The number of ether oxygens (including phenoxy) is 1. The lowest BCUT2D eigenvalue weighted by atomic mass is 10.0. The average Bonchev–Trinajstić information content (AvgIpc) is 2.47. The van der Waals surface area contributed by atoms with E-state index >= 15 is 0 Å². The standard InChI is InChI=1S/C15H22ClN3O2/c1-10(13-9-11(16)3-4-14(13)21-2)18-12-5-7-19(8-6-12)15(17)20/h3-4,9-10,12,18H,5-8H2,1-2H3,(H2,17,20)/t10-/m1/s1. The second kappa shape index (κ2) is 7.00. The lowest BCUT2D eigenvalue weighted by Gasteiger charge is -2.33. The number of nitrogens with zero attached hydrogens (tertiary/aromatic N) is 1. The molecule has 5 nitrogen and oxygen atoms in total. The number of amides is 2. The fourth-order valence-electron chi connectivity index (χ4n) is 2.75. The molecule has 21 heavy (non-hydrogen) atoms. The fraction of sp³-hybridized carbons (Fsp3) is 0.533. The number of piperidine rings is 1. The molecule has 1 heterocycles. The van der Waals surface area contributed by atoms with Crippen molar-refractivity contribution >= 4 is 17.6 Å². The maximum Gasteiger partial charge on any atom is 0.314 e. The Kier molecular flexibility index (Phi) is 5.31. The first-order valence-corrected chi connectivity index (χ1v) is 7.53. The highest BCUT2D eigenvalue weighted by Crippen LogP contribution is 2.29. The van der Waals surface area contributed by atoms with E-state index in [1.54, 1.807) is 12.0 Å². The predicted molar refractivity (Wildman–Crippen MR) is 83.7 cm³/mol. The minimum absolute atomic E-state index is 0.128. The Hall–Kier alpha value is -1.46. The van der Waals surface area contributed by atoms with E-state index in [0.29, 0.717) is 24.2 Å². The Bertz CT molecular complexity index is 502. The molecule has 0 radical (unpaired) electrons. The molecule has 1 aliphatic heterocycles. The molecular formula is C15H22ClN3O2. The van der Waals surface area contributed by atoms with E-state index in [2.05, 4.69) is 12.2 Å². The summed E-state index contributed by atoms with van der Waals surface area (Å²) in [7, 11) is 1.66. The molecule has 1 aromatic carbocycles. The van der Waals surface area contributed by atoms with Crippen LogP contribution in [0.25, 0.3) is 0 Å². The van der Waals surface area contributed by atoms with E-state index in [1.165, 1.54) is 0 Å². The van der Waals surface area contributed by atoms with E-state index in [9.17, 15) is 4.79 Å². The predicted octanol–water partition coefficient (Wildman–Crippen LogP) is 2.54. The van der Waals surface area contributed by atoms with Gasteiger partial charge in [-0.15, -0.1) is 0 Å². The molecule has 0 spiro atoms. The van der Waals surface area contributed by atoms with Gasteiger partial charge in [0.25, 0.3) is 0 Å². The highest BCUT2D eigenvalue weighted by Gasteiger charge is 2.23. The van der Waals surface area contributed by atoms with Gasteiger partial charge in [0.1, 0.15) is 5.75 Å². The van der Waals surface area contributed by atoms with Gasteiger partial charge in [-0.25, -0.2) is 4.79 Å². The quantitative estimate of drug-likeness (QED) is 0.898. The summed E-state index contributed by atoms with van der Waals surface area (Å²) in [5.74, 6) is 0.828. The molecule has 2 amide bonds. The molecule has 1 aliphatic rings. The van der Waals surface area contributed by atoms with Crippen molar-refractivity contribution in [3.05, 3.63) is 28.8 Å². The number of likely N-dealkylation sites (tertiary alicyclic amines) is 1. The van der Waals surface area contributed by atoms with Crippen LogP contribution in [0, 0.1) is 0 Å². The number of nitrogens with two attached hydrogens (primary N) is 1. The maximum absolute atomic E-state index is 11.1. The molecule has 1 saturated heterocycles. The van der Waals surface area contributed by atoms with Crippen molar-refractivity contribution in [3.8, 4) is 5.75 Å². The van der Waals surface area contributed by atoms with Crippen molar-refractivity contribution < 1.29 is 9.53 Å². The molecule has 6 heteroatoms. The molecule has 1 fully saturated rings. The topological polar surface area (TPSA) is 67.6 Å². The third-order valence-corrected chi connectivity index (χ3v) is 4.19. The first-order valence-electron chi connectivity index (χ1n) is 7.15. The number of methoxy groups -OCH3 is 1. The second-order valence-corrected chi connectivity index (χ2v) is 5.81. The summed E-state index contributed by atoms with van der Waals surface area (Å²) in [6.45, 7) is 3.49. The van der Waals surface area contributed by atoms with Crippen LogP contribution in [-0.2, 0) is 0 Å². The van der Waals surface area contributed by atoms with Crippen LogP contribution in [0.4, 0.5) is 4.79 Å². The van der Waals surface area contributed by atoms with Crippen LogP contribution in [0.2, 0.25) is 5.02 Å². The number of carbonyl (C=O) groups is 1. The van der Waals surface area contributed by atoms with Gasteiger partial charge < -0.3 is 20.7 Å². The Balaban J connectivity index is 1.98.